The van der Waals surface area contributed by atoms with Crippen molar-refractivity contribution < 1.29 is 8.42 Å². The number of aromatic nitrogens is 2. The van der Waals surface area contributed by atoms with Crippen LogP contribution in [0, 0.1) is 6.92 Å². The summed E-state index contributed by atoms with van der Waals surface area (Å²) in [4.78, 5) is 2.10. The number of sulfonamides is 1. The van der Waals surface area contributed by atoms with Crippen LogP contribution in [-0.2, 0) is 23.6 Å². The Morgan fingerprint density at radius 1 is 1.47 bits per heavy atom. The lowest BCUT2D eigenvalue weighted by Crippen LogP contribution is -2.12. The van der Waals surface area contributed by atoms with E-state index >= 15 is 0 Å². The van der Waals surface area contributed by atoms with Gasteiger partial charge in [-0.05, 0) is 20.0 Å². The fourth-order valence-electron chi connectivity index (χ4n) is 1.74. The molecule has 0 atom stereocenters. The summed E-state index contributed by atoms with van der Waals surface area (Å²) in [5.41, 5.74) is 0.461. The van der Waals surface area contributed by atoms with Crippen LogP contribution in [0.3, 0.4) is 0 Å². The number of thiophene rings is 1. The highest BCUT2D eigenvalue weighted by Gasteiger charge is 2.20. The van der Waals surface area contributed by atoms with Crippen molar-refractivity contribution in [1.29, 1.82) is 0 Å². The lowest BCUT2D eigenvalue weighted by Gasteiger charge is -2.04. The normalized spacial score (nSPS) is 11.7. The predicted molar refractivity (Wildman–Crippen MR) is 75.8 cm³/mol. The summed E-state index contributed by atoms with van der Waals surface area (Å²) in [6.45, 7) is 2.47. The van der Waals surface area contributed by atoms with E-state index in [0.29, 0.717) is 17.1 Å². The van der Waals surface area contributed by atoms with Crippen molar-refractivity contribution in [2.45, 2.75) is 18.4 Å². The summed E-state index contributed by atoms with van der Waals surface area (Å²) in [7, 11) is 0.0164. The minimum absolute atomic E-state index is 0.326. The fourth-order valence-corrected chi connectivity index (χ4v) is 4.41. The molecule has 2 aromatic heterocycles. The van der Waals surface area contributed by atoms with E-state index in [1.54, 1.807) is 24.0 Å². The van der Waals surface area contributed by atoms with Gasteiger partial charge in [-0.15, -0.1) is 11.3 Å². The number of anilines is 1. The highest BCUT2D eigenvalue weighted by molar-refractivity contribution is 7.93. The van der Waals surface area contributed by atoms with Crippen molar-refractivity contribution in [1.82, 2.24) is 15.1 Å². The van der Waals surface area contributed by atoms with Gasteiger partial charge in [0.05, 0.1) is 11.9 Å². The molecule has 8 heteroatoms. The maximum atomic E-state index is 12.3. The van der Waals surface area contributed by atoms with Crippen LogP contribution in [0.25, 0.3) is 0 Å². The third-order valence-electron chi connectivity index (χ3n) is 2.52. The topological polar surface area (TPSA) is 76.0 Å². The fraction of sp³-hybridized carbons (Fsp3) is 0.364. The zero-order valence-electron chi connectivity index (χ0n) is 11.0. The van der Waals surface area contributed by atoms with E-state index in [9.17, 15) is 8.42 Å². The Labute approximate surface area is 116 Å². The standard InChI is InChI=1S/C11H16N4O2S2/c1-8-11(4-10(18-8)6-12-2)19(16,17)14-9-5-13-15(3)7-9/h4-5,7,12,14H,6H2,1-3H3. The molecule has 2 aromatic rings. The van der Waals surface area contributed by atoms with Gasteiger partial charge in [0.25, 0.3) is 10.0 Å². The molecule has 0 saturated heterocycles. The highest BCUT2D eigenvalue weighted by Crippen LogP contribution is 2.27. The molecular weight excluding hydrogens is 284 g/mol. The Balaban J connectivity index is 2.28. The van der Waals surface area contributed by atoms with Crippen LogP contribution in [0.4, 0.5) is 5.69 Å². The van der Waals surface area contributed by atoms with Crippen LogP contribution in [0.5, 0.6) is 0 Å². The van der Waals surface area contributed by atoms with Gasteiger partial charge in [0.1, 0.15) is 4.90 Å². The molecular formula is C11H16N4O2S2. The maximum Gasteiger partial charge on any atom is 0.263 e. The summed E-state index contributed by atoms with van der Waals surface area (Å²) in [6, 6.07) is 1.70. The molecule has 0 unspecified atom stereocenters. The van der Waals surface area contributed by atoms with Crippen molar-refractivity contribution in [3.8, 4) is 0 Å². The lowest BCUT2D eigenvalue weighted by atomic mass is 10.4. The molecule has 0 fully saturated rings. The Morgan fingerprint density at radius 3 is 2.79 bits per heavy atom. The molecule has 2 heterocycles. The summed E-state index contributed by atoms with van der Waals surface area (Å²) in [5.74, 6) is 0. The summed E-state index contributed by atoms with van der Waals surface area (Å²) in [5, 5.41) is 6.94. The van der Waals surface area contributed by atoms with Gasteiger partial charge in [0, 0.05) is 29.5 Å². The number of hydrogen-bond acceptors (Lipinski definition) is 5. The second kappa shape index (κ2) is 5.32. The molecule has 0 bridgehead atoms. The summed E-state index contributed by atoms with van der Waals surface area (Å²) in [6.07, 6.45) is 3.10. The number of hydrogen-bond donors (Lipinski definition) is 2. The average Bonchev–Trinajstić information content (AvgIpc) is 2.86. The highest BCUT2D eigenvalue weighted by atomic mass is 32.2. The molecule has 0 radical (unpaired) electrons. The van der Waals surface area contributed by atoms with Crippen molar-refractivity contribution in [2.24, 2.45) is 7.05 Å². The first-order valence-electron chi connectivity index (χ1n) is 5.68. The van der Waals surface area contributed by atoms with Crippen molar-refractivity contribution >= 4 is 27.0 Å². The molecule has 6 nitrogen and oxygen atoms in total. The first kappa shape index (κ1) is 14.0. The molecule has 0 spiro atoms. The maximum absolute atomic E-state index is 12.3. The molecule has 104 valence electrons. The zero-order chi connectivity index (χ0) is 14.0. The smallest absolute Gasteiger partial charge is 0.263 e. The van der Waals surface area contributed by atoms with Gasteiger partial charge in [0.2, 0.25) is 0 Å². The van der Waals surface area contributed by atoms with E-state index in [-0.39, 0.29) is 0 Å². The SMILES string of the molecule is CNCc1cc(S(=O)(=O)Nc2cnn(C)c2)c(C)s1. The minimum Gasteiger partial charge on any atom is -0.315 e. The van der Waals surface area contributed by atoms with E-state index in [4.69, 9.17) is 0 Å². The van der Waals surface area contributed by atoms with Gasteiger partial charge in [0.15, 0.2) is 0 Å². The van der Waals surface area contributed by atoms with E-state index in [1.165, 1.54) is 17.5 Å². The zero-order valence-corrected chi connectivity index (χ0v) is 12.6. The average molecular weight is 300 g/mol. The van der Waals surface area contributed by atoms with E-state index in [0.717, 1.165) is 9.75 Å². The number of nitrogens with one attached hydrogen (secondary N) is 2. The Bertz CT molecular complexity index is 673. The molecule has 0 aliphatic heterocycles. The molecule has 0 aromatic carbocycles. The quantitative estimate of drug-likeness (QED) is 0.873. The molecule has 2 N–H and O–H groups in total. The van der Waals surface area contributed by atoms with Gasteiger partial charge >= 0.3 is 0 Å². The van der Waals surface area contributed by atoms with Crippen LogP contribution in [-0.4, -0.2) is 25.2 Å². The molecule has 0 aliphatic rings. The third kappa shape index (κ3) is 3.14. The lowest BCUT2D eigenvalue weighted by molar-refractivity contribution is 0.601. The number of rotatable bonds is 5. The molecule has 2 rings (SSSR count). The van der Waals surface area contributed by atoms with Crippen LogP contribution < -0.4 is 10.0 Å². The Hall–Kier alpha value is -1.38. The van der Waals surface area contributed by atoms with Crippen LogP contribution >= 0.6 is 11.3 Å². The molecule has 0 aliphatic carbocycles. The van der Waals surface area contributed by atoms with Gasteiger partial charge in [-0.2, -0.15) is 5.10 Å². The van der Waals surface area contributed by atoms with Crippen LogP contribution in [0.1, 0.15) is 9.75 Å². The molecule has 0 saturated carbocycles. The number of aryl methyl sites for hydroxylation is 2. The van der Waals surface area contributed by atoms with E-state index in [2.05, 4.69) is 15.1 Å². The first-order chi connectivity index (χ1) is 8.92. The van der Waals surface area contributed by atoms with Crippen LogP contribution in [0.15, 0.2) is 23.4 Å². The second-order valence-corrected chi connectivity index (χ2v) is 7.16. The van der Waals surface area contributed by atoms with E-state index < -0.39 is 10.0 Å². The minimum atomic E-state index is -3.55. The van der Waals surface area contributed by atoms with Gasteiger partial charge < -0.3 is 5.32 Å². The first-order valence-corrected chi connectivity index (χ1v) is 7.97. The van der Waals surface area contributed by atoms with Crippen molar-refractivity contribution in [3.63, 3.8) is 0 Å². The second-order valence-electron chi connectivity index (χ2n) is 4.17. The van der Waals surface area contributed by atoms with Crippen LogP contribution in [0.2, 0.25) is 0 Å². The largest absolute Gasteiger partial charge is 0.315 e. The monoisotopic (exact) mass is 300 g/mol. The van der Waals surface area contributed by atoms with E-state index in [1.807, 2.05) is 14.0 Å². The molecule has 19 heavy (non-hydrogen) atoms. The van der Waals surface area contributed by atoms with Crippen molar-refractivity contribution in [3.05, 3.63) is 28.2 Å². The van der Waals surface area contributed by atoms with Crippen molar-refractivity contribution in [2.75, 3.05) is 11.8 Å². The van der Waals surface area contributed by atoms with Gasteiger partial charge in [-0.1, -0.05) is 0 Å². The Kier molecular flexibility index (Phi) is 3.93. The predicted octanol–water partition coefficient (Wildman–Crippen LogP) is 1.31. The Morgan fingerprint density at radius 2 is 2.21 bits per heavy atom. The third-order valence-corrected chi connectivity index (χ3v) is 5.21. The molecule has 0 amide bonds. The summed E-state index contributed by atoms with van der Waals surface area (Å²) >= 11 is 1.48. The summed E-state index contributed by atoms with van der Waals surface area (Å²) < 4.78 is 28.6. The van der Waals surface area contributed by atoms with Gasteiger partial charge in [-0.25, -0.2) is 8.42 Å². The van der Waals surface area contributed by atoms with Gasteiger partial charge in [-0.3, -0.25) is 9.40 Å². The number of nitrogens with zero attached hydrogens (tertiary/aromatic N) is 2.